The van der Waals surface area contributed by atoms with Crippen LogP contribution in [0, 0.1) is 6.92 Å². The summed E-state index contributed by atoms with van der Waals surface area (Å²) >= 11 is 2.76. The van der Waals surface area contributed by atoms with Gasteiger partial charge in [-0.2, -0.15) is 5.10 Å². The minimum atomic E-state index is -0.361. The van der Waals surface area contributed by atoms with Gasteiger partial charge in [0.05, 0.1) is 5.69 Å². The third kappa shape index (κ3) is 3.35. The molecule has 0 spiro atoms. The fourth-order valence-corrected chi connectivity index (χ4v) is 3.10. The second-order valence-electron chi connectivity index (χ2n) is 4.72. The first-order valence-corrected chi connectivity index (χ1v) is 8.65. The second-order valence-corrected chi connectivity index (χ2v) is 6.75. The average Bonchev–Trinajstić information content (AvgIpc) is 3.18. The van der Waals surface area contributed by atoms with Crippen LogP contribution in [-0.4, -0.2) is 37.7 Å². The Bertz CT molecular complexity index is 858. The highest BCUT2D eigenvalue weighted by Gasteiger charge is 2.15. The Morgan fingerprint density at radius 1 is 1.35 bits per heavy atom. The van der Waals surface area contributed by atoms with Crippen LogP contribution in [0.25, 0.3) is 11.3 Å². The van der Waals surface area contributed by atoms with Crippen LogP contribution in [0.5, 0.6) is 5.75 Å². The van der Waals surface area contributed by atoms with Crippen LogP contribution in [0.3, 0.4) is 0 Å². The van der Waals surface area contributed by atoms with Crippen molar-refractivity contribution in [2.24, 2.45) is 0 Å². The van der Waals surface area contributed by atoms with Gasteiger partial charge in [0.25, 0.3) is 5.91 Å². The van der Waals surface area contributed by atoms with Crippen molar-refractivity contribution < 1.29 is 9.90 Å². The number of nitrogens with zero attached hydrogens (tertiary/aromatic N) is 3. The molecule has 0 bridgehead atoms. The van der Waals surface area contributed by atoms with E-state index in [1.165, 1.54) is 23.1 Å². The zero-order valence-electron chi connectivity index (χ0n) is 12.3. The normalized spacial score (nSPS) is 10.7. The van der Waals surface area contributed by atoms with E-state index < -0.39 is 0 Å². The molecule has 3 N–H and O–H groups in total. The van der Waals surface area contributed by atoms with Gasteiger partial charge in [-0.3, -0.25) is 15.2 Å². The zero-order valence-corrected chi connectivity index (χ0v) is 14.0. The molecule has 2 aromatic heterocycles. The molecule has 0 atom stereocenters. The van der Waals surface area contributed by atoms with E-state index in [1.54, 1.807) is 18.2 Å². The summed E-state index contributed by atoms with van der Waals surface area (Å²) in [5.74, 6) is -0.248. The average molecular weight is 347 g/mol. The van der Waals surface area contributed by atoms with Gasteiger partial charge in [-0.05, 0) is 31.4 Å². The van der Waals surface area contributed by atoms with Gasteiger partial charge in [-0.25, -0.2) is 0 Å². The summed E-state index contributed by atoms with van der Waals surface area (Å²) in [4.78, 5) is 12.2. The van der Waals surface area contributed by atoms with Crippen molar-refractivity contribution in [3.8, 4) is 17.0 Å². The summed E-state index contributed by atoms with van der Waals surface area (Å²) in [5, 5.41) is 27.6. The van der Waals surface area contributed by atoms with Gasteiger partial charge in [0.1, 0.15) is 11.4 Å². The van der Waals surface area contributed by atoms with Crippen LogP contribution in [-0.2, 0) is 0 Å². The van der Waals surface area contributed by atoms with Gasteiger partial charge in [0.2, 0.25) is 5.13 Å². The first-order valence-electron chi connectivity index (χ1n) is 6.61. The Kier molecular flexibility index (Phi) is 4.30. The first kappa shape index (κ1) is 15.5. The number of rotatable bonds is 4. The van der Waals surface area contributed by atoms with E-state index >= 15 is 0 Å². The van der Waals surface area contributed by atoms with Crippen molar-refractivity contribution in [1.82, 2.24) is 20.4 Å². The van der Waals surface area contributed by atoms with E-state index in [4.69, 9.17) is 0 Å². The first-order chi connectivity index (χ1) is 11.1. The lowest BCUT2D eigenvalue weighted by Crippen LogP contribution is -2.12. The van der Waals surface area contributed by atoms with Gasteiger partial charge in [0, 0.05) is 5.56 Å². The van der Waals surface area contributed by atoms with E-state index in [0.29, 0.717) is 16.4 Å². The number of amides is 1. The summed E-state index contributed by atoms with van der Waals surface area (Å²) in [5.41, 5.74) is 2.34. The van der Waals surface area contributed by atoms with E-state index in [9.17, 15) is 9.90 Å². The number of carbonyl (C=O) groups excluding carboxylic acids is 1. The molecule has 7 nitrogen and oxygen atoms in total. The molecule has 0 saturated heterocycles. The molecule has 118 valence electrons. The molecule has 0 aliphatic heterocycles. The van der Waals surface area contributed by atoms with Crippen molar-refractivity contribution in [1.29, 1.82) is 0 Å². The second kappa shape index (κ2) is 6.39. The van der Waals surface area contributed by atoms with Crippen molar-refractivity contribution in [3.63, 3.8) is 0 Å². The third-order valence-electron chi connectivity index (χ3n) is 3.05. The van der Waals surface area contributed by atoms with Crippen LogP contribution in [0.4, 0.5) is 5.13 Å². The fourth-order valence-electron chi connectivity index (χ4n) is 1.94. The largest absolute Gasteiger partial charge is 0.507 e. The Morgan fingerprint density at radius 3 is 2.91 bits per heavy atom. The maximum absolute atomic E-state index is 12.2. The Balaban J connectivity index is 1.81. The zero-order chi connectivity index (χ0) is 16.4. The molecule has 0 aliphatic rings. The number of anilines is 1. The molecule has 23 heavy (non-hydrogen) atoms. The standard InChI is InChI=1S/C14H13N5O2S2/c1-7-3-4-11(20)8(5-7)9-6-10(17-16-9)12(21)15-13-18-19-14(22-2)23-13/h3-6,20H,1-2H3,(H,16,17)(H,15,18,21). The highest BCUT2D eigenvalue weighted by Crippen LogP contribution is 2.29. The number of aromatic nitrogens is 4. The predicted octanol–water partition coefficient (Wildman–Crippen LogP) is 2.92. The van der Waals surface area contributed by atoms with Gasteiger partial charge < -0.3 is 5.11 Å². The molecule has 0 unspecified atom stereocenters. The molecule has 1 amide bonds. The van der Waals surface area contributed by atoms with Crippen LogP contribution in [0.2, 0.25) is 0 Å². The molecule has 0 radical (unpaired) electrons. The molecule has 0 aliphatic carbocycles. The summed E-state index contributed by atoms with van der Waals surface area (Å²) in [6, 6.07) is 6.80. The Morgan fingerprint density at radius 2 is 2.17 bits per heavy atom. The third-order valence-corrected chi connectivity index (χ3v) is 4.87. The fraction of sp³-hybridized carbons (Fsp3) is 0.143. The molecule has 2 heterocycles. The summed E-state index contributed by atoms with van der Waals surface area (Å²) in [6.45, 7) is 1.92. The minimum Gasteiger partial charge on any atom is -0.507 e. The molecular formula is C14H13N5O2S2. The lowest BCUT2D eigenvalue weighted by molar-refractivity contribution is 0.102. The van der Waals surface area contributed by atoms with E-state index in [2.05, 4.69) is 25.7 Å². The number of H-pyrrole nitrogens is 1. The van der Waals surface area contributed by atoms with Gasteiger partial charge in [-0.15, -0.1) is 10.2 Å². The smallest absolute Gasteiger partial charge is 0.275 e. The number of thioether (sulfide) groups is 1. The number of nitrogens with one attached hydrogen (secondary N) is 2. The minimum absolute atomic E-state index is 0.114. The van der Waals surface area contributed by atoms with Gasteiger partial charge >= 0.3 is 0 Å². The maximum atomic E-state index is 12.2. The predicted molar refractivity (Wildman–Crippen MR) is 90.1 cm³/mol. The van der Waals surface area contributed by atoms with Crippen molar-refractivity contribution >= 4 is 34.1 Å². The molecule has 1 aromatic carbocycles. The summed E-state index contributed by atoms with van der Waals surface area (Å²) in [7, 11) is 0. The highest BCUT2D eigenvalue weighted by atomic mass is 32.2. The summed E-state index contributed by atoms with van der Waals surface area (Å²) < 4.78 is 0.773. The number of phenols is 1. The van der Waals surface area contributed by atoms with Crippen molar-refractivity contribution in [2.45, 2.75) is 11.3 Å². The van der Waals surface area contributed by atoms with Crippen molar-refractivity contribution in [3.05, 3.63) is 35.5 Å². The van der Waals surface area contributed by atoms with E-state index in [1.807, 2.05) is 19.2 Å². The molecule has 0 fully saturated rings. The van der Waals surface area contributed by atoms with E-state index in [0.717, 1.165) is 9.90 Å². The lowest BCUT2D eigenvalue weighted by atomic mass is 10.1. The number of phenolic OH excluding ortho intramolecular Hbond substituents is 1. The number of hydrogen-bond acceptors (Lipinski definition) is 7. The summed E-state index contributed by atoms with van der Waals surface area (Å²) in [6.07, 6.45) is 1.89. The number of hydrogen-bond donors (Lipinski definition) is 3. The van der Waals surface area contributed by atoms with E-state index in [-0.39, 0.29) is 17.4 Å². The lowest BCUT2D eigenvalue weighted by Gasteiger charge is -2.01. The number of aromatic hydroxyl groups is 1. The van der Waals surface area contributed by atoms with Crippen LogP contribution >= 0.6 is 23.1 Å². The monoisotopic (exact) mass is 347 g/mol. The van der Waals surface area contributed by atoms with Crippen molar-refractivity contribution in [2.75, 3.05) is 11.6 Å². The van der Waals surface area contributed by atoms with Gasteiger partial charge in [0.15, 0.2) is 4.34 Å². The Hall–Kier alpha value is -2.39. The number of carbonyl (C=O) groups is 1. The number of aromatic amines is 1. The van der Waals surface area contributed by atoms with Crippen LogP contribution < -0.4 is 5.32 Å². The Labute approximate surface area is 140 Å². The molecule has 9 heteroatoms. The van der Waals surface area contributed by atoms with Gasteiger partial charge in [-0.1, -0.05) is 34.7 Å². The molecule has 3 aromatic rings. The number of benzene rings is 1. The quantitative estimate of drug-likeness (QED) is 0.495. The SMILES string of the molecule is CSc1nnc(NC(=O)c2cc(-c3cc(C)ccc3O)n[nH]2)s1. The molecular weight excluding hydrogens is 334 g/mol. The van der Waals surface area contributed by atoms with Crippen LogP contribution in [0.1, 0.15) is 16.1 Å². The molecule has 0 saturated carbocycles. The topological polar surface area (TPSA) is 104 Å². The highest BCUT2D eigenvalue weighted by molar-refractivity contribution is 8.00. The maximum Gasteiger partial charge on any atom is 0.275 e. The van der Waals surface area contributed by atoms with Crippen LogP contribution in [0.15, 0.2) is 28.6 Å². The number of aryl methyl sites for hydroxylation is 1. The molecule has 3 rings (SSSR count).